The van der Waals surface area contributed by atoms with Crippen molar-refractivity contribution in [3.8, 4) is 0 Å². The van der Waals surface area contributed by atoms with Crippen LogP contribution in [-0.4, -0.2) is 71.4 Å². The summed E-state index contributed by atoms with van der Waals surface area (Å²) in [7, 11) is 0. The molecule has 0 radical (unpaired) electrons. The number of carbonyl (C=O) groups is 2. The quantitative estimate of drug-likeness (QED) is 0.723. The van der Waals surface area contributed by atoms with Gasteiger partial charge in [0, 0.05) is 63.0 Å². The Hall–Kier alpha value is -3.16. The molecule has 0 unspecified atom stereocenters. The Balaban J connectivity index is 1.65. The van der Waals surface area contributed by atoms with Crippen LogP contribution in [0, 0.1) is 6.92 Å². The van der Waals surface area contributed by atoms with Gasteiger partial charge in [0.2, 0.25) is 12.4 Å². The predicted octanol–water partition coefficient (Wildman–Crippen LogP) is 2.29. The average molecular weight is 396 g/mol. The molecule has 2 amide bonds. The van der Waals surface area contributed by atoms with Crippen LogP contribution in [-0.2, 0) is 4.79 Å². The molecule has 2 heterocycles. The molecule has 0 spiro atoms. The first-order valence-corrected chi connectivity index (χ1v) is 9.99. The lowest BCUT2D eigenvalue weighted by atomic mass is 10.1. The summed E-state index contributed by atoms with van der Waals surface area (Å²) in [6, 6.07) is 6.25. The Labute approximate surface area is 171 Å². The van der Waals surface area contributed by atoms with Gasteiger partial charge in [0.15, 0.2) is 0 Å². The van der Waals surface area contributed by atoms with Gasteiger partial charge in [0.05, 0.1) is 5.56 Å². The smallest absolute Gasteiger partial charge is 0.257 e. The van der Waals surface area contributed by atoms with E-state index in [4.69, 9.17) is 0 Å². The van der Waals surface area contributed by atoms with Gasteiger partial charge in [-0.05, 0) is 44.5 Å². The van der Waals surface area contributed by atoms with E-state index in [0.717, 1.165) is 30.8 Å². The fourth-order valence-electron chi connectivity index (χ4n) is 3.41. The Morgan fingerprint density at radius 1 is 1.14 bits per heavy atom. The van der Waals surface area contributed by atoms with E-state index < -0.39 is 0 Å². The molecule has 0 bridgehead atoms. The third kappa shape index (κ3) is 4.82. The third-order valence-corrected chi connectivity index (χ3v) is 5.23. The number of rotatable bonds is 7. The maximum atomic E-state index is 12.6. The van der Waals surface area contributed by atoms with E-state index in [-0.39, 0.29) is 5.91 Å². The molecule has 1 aromatic heterocycles. The molecule has 8 nitrogen and oxygen atoms in total. The second-order valence-electron chi connectivity index (χ2n) is 7.03. The summed E-state index contributed by atoms with van der Waals surface area (Å²) in [6.45, 7) is 10.4. The summed E-state index contributed by atoms with van der Waals surface area (Å²) >= 11 is 0. The van der Waals surface area contributed by atoms with Gasteiger partial charge >= 0.3 is 0 Å². The van der Waals surface area contributed by atoms with Gasteiger partial charge < -0.3 is 20.0 Å². The second-order valence-corrected chi connectivity index (χ2v) is 7.03. The number of benzene rings is 1. The van der Waals surface area contributed by atoms with Crippen molar-refractivity contribution < 1.29 is 9.59 Å². The SMILES string of the molecule is CCN(CC)c1ccc(Nc2ncc(C(=O)N3CCN(C=O)CC3)cn2)c(C)c1. The number of nitrogens with zero attached hydrogens (tertiary/aromatic N) is 5. The van der Waals surface area contributed by atoms with Crippen molar-refractivity contribution in [3.63, 3.8) is 0 Å². The molecule has 29 heavy (non-hydrogen) atoms. The van der Waals surface area contributed by atoms with Crippen LogP contribution in [0.1, 0.15) is 29.8 Å². The highest BCUT2D eigenvalue weighted by Gasteiger charge is 2.21. The molecule has 1 aliphatic heterocycles. The van der Waals surface area contributed by atoms with Crippen LogP contribution < -0.4 is 10.2 Å². The van der Waals surface area contributed by atoms with Crippen molar-refractivity contribution in [1.82, 2.24) is 19.8 Å². The van der Waals surface area contributed by atoms with Crippen LogP contribution in [0.3, 0.4) is 0 Å². The number of piperazine rings is 1. The van der Waals surface area contributed by atoms with Crippen molar-refractivity contribution in [2.75, 3.05) is 49.5 Å². The van der Waals surface area contributed by atoms with Gasteiger partial charge in [-0.1, -0.05) is 0 Å². The fraction of sp³-hybridized carbons (Fsp3) is 0.429. The first kappa shape index (κ1) is 20.6. The third-order valence-electron chi connectivity index (χ3n) is 5.23. The van der Waals surface area contributed by atoms with Crippen molar-refractivity contribution >= 4 is 29.6 Å². The highest BCUT2D eigenvalue weighted by atomic mass is 16.2. The molecular formula is C21H28N6O2. The summed E-state index contributed by atoms with van der Waals surface area (Å²) in [5, 5.41) is 3.22. The van der Waals surface area contributed by atoms with Crippen LogP contribution in [0.25, 0.3) is 0 Å². The van der Waals surface area contributed by atoms with E-state index in [2.05, 4.69) is 46.2 Å². The molecule has 1 saturated heterocycles. The zero-order valence-corrected chi connectivity index (χ0v) is 17.3. The van der Waals surface area contributed by atoms with Gasteiger partial charge in [0.1, 0.15) is 0 Å². The lowest BCUT2D eigenvalue weighted by molar-refractivity contribution is -0.119. The summed E-state index contributed by atoms with van der Waals surface area (Å²) in [6.07, 6.45) is 3.91. The van der Waals surface area contributed by atoms with Crippen molar-refractivity contribution in [3.05, 3.63) is 41.7 Å². The van der Waals surface area contributed by atoms with E-state index in [0.29, 0.717) is 37.7 Å². The van der Waals surface area contributed by atoms with Crippen LogP contribution in [0.5, 0.6) is 0 Å². The van der Waals surface area contributed by atoms with E-state index >= 15 is 0 Å². The van der Waals surface area contributed by atoms with E-state index in [1.807, 2.05) is 13.0 Å². The second kappa shape index (κ2) is 9.36. The minimum atomic E-state index is -0.109. The first-order valence-electron chi connectivity index (χ1n) is 9.99. The normalized spacial score (nSPS) is 13.9. The zero-order chi connectivity index (χ0) is 20.8. The number of nitrogens with one attached hydrogen (secondary N) is 1. The molecule has 0 saturated carbocycles. The molecule has 1 aliphatic rings. The molecule has 1 fully saturated rings. The van der Waals surface area contributed by atoms with Crippen molar-refractivity contribution in [2.24, 2.45) is 0 Å². The monoisotopic (exact) mass is 396 g/mol. The predicted molar refractivity (Wildman–Crippen MR) is 114 cm³/mol. The lowest BCUT2D eigenvalue weighted by Gasteiger charge is -2.32. The Morgan fingerprint density at radius 2 is 1.79 bits per heavy atom. The van der Waals surface area contributed by atoms with E-state index in [9.17, 15) is 9.59 Å². The van der Waals surface area contributed by atoms with Gasteiger partial charge in [-0.2, -0.15) is 0 Å². The molecule has 1 N–H and O–H groups in total. The van der Waals surface area contributed by atoms with Crippen molar-refractivity contribution in [1.29, 1.82) is 0 Å². The van der Waals surface area contributed by atoms with Gasteiger partial charge in [-0.3, -0.25) is 9.59 Å². The lowest BCUT2D eigenvalue weighted by Crippen LogP contribution is -2.48. The van der Waals surface area contributed by atoms with Gasteiger partial charge in [0.25, 0.3) is 5.91 Å². The number of hydrogen-bond donors (Lipinski definition) is 1. The van der Waals surface area contributed by atoms with E-state index in [1.54, 1.807) is 22.2 Å². The topological polar surface area (TPSA) is 81.7 Å². The van der Waals surface area contributed by atoms with Crippen molar-refractivity contribution in [2.45, 2.75) is 20.8 Å². The zero-order valence-electron chi connectivity index (χ0n) is 17.3. The minimum absolute atomic E-state index is 0.109. The summed E-state index contributed by atoms with van der Waals surface area (Å²) < 4.78 is 0. The largest absolute Gasteiger partial charge is 0.372 e. The standard InChI is InChI=1S/C21H28N6O2/c1-4-26(5-2)18-6-7-19(16(3)12-18)24-21-22-13-17(14-23-21)20(29)27-10-8-25(15-28)9-11-27/h6-7,12-15H,4-5,8-11H2,1-3H3,(H,22,23,24). The Morgan fingerprint density at radius 3 is 2.34 bits per heavy atom. The van der Waals surface area contributed by atoms with Crippen LogP contribution >= 0.6 is 0 Å². The number of anilines is 3. The van der Waals surface area contributed by atoms with Crippen LogP contribution in [0.2, 0.25) is 0 Å². The highest BCUT2D eigenvalue weighted by Crippen LogP contribution is 2.24. The maximum Gasteiger partial charge on any atom is 0.257 e. The first-order chi connectivity index (χ1) is 14.0. The molecule has 3 rings (SSSR count). The summed E-state index contributed by atoms with van der Waals surface area (Å²) in [5.74, 6) is 0.341. The molecular weight excluding hydrogens is 368 g/mol. The highest BCUT2D eigenvalue weighted by molar-refractivity contribution is 5.93. The number of aromatic nitrogens is 2. The number of aryl methyl sites for hydroxylation is 1. The Bertz CT molecular complexity index is 843. The fourth-order valence-corrected chi connectivity index (χ4v) is 3.41. The average Bonchev–Trinajstić information content (AvgIpc) is 2.76. The number of carbonyl (C=O) groups excluding carboxylic acids is 2. The van der Waals surface area contributed by atoms with Gasteiger partial charge in [-0.25, -0.2) is 9.97 Å². The molecule has 8 heteroatoms. The minimum Gasteiger partial charge on any atom is -0.372 e. The molecule has 2 aromatic rings. The van der Waals surface area contributed by atoms with E-state index in [1.165, 1.54) is 5.69 Å². The molecule has 154 valence electrons. The van der Waals surface area contributed by atoms with Crippen LogP contribution in [0.4, 0.5) is 17.3 Å². The van der Waals surface area contributed by atoms with Crippen LogP contribution in [0.15, 0.2) is 30.6 Å². The van der Waals surface area contributed by atoms with Gasteiger partial charge in [-0.15, -0.1) is 0 Å². The molecule has 0 atom stereocenters. The maximum absolute atomic E-state index is 12.6. The summed E-state index contributed by atoms with van der Waals surface area (Å²) in [5.41, 5.74) is 3.68. The number of amides is 2. The Kier molecular flexibility index (Phi) is 6.64. The number of hydrogen-bond acceptors (Lipinski definition) is 6. The molecule has 1 aromatic carbocycles. The molecule has 0 aliphatic carbocycles. The summed E-state index contributed by atoms with van der Waals surface area (Å²) in [4.78, 5) is 37.7.